The van der Waals surface area contributed by atoms with Gasteiger partial charge in [-0.05, 0) is 19.1 Å². The fraction of sp³-hybridized carbons (Fsp3) is 0.182. The van der Waals surface area contributed by atoms with E-state index in [9.17, 15) is 5.21 Å². The van der Waals surface area contributed by atoms with Crippen molar-refractivity contribution in [2.75, 3.05) is 7.11 Å². The van der Waals surface area contributed by atoms with E-state index in [1.807, 2.05) is 13.0 Å². The van der Waals surface area contributed by atoms with E-state index in [-0.39, 0.29) is 0 Å². The van der Waals surface area contributed by atoms with E-state index in [4.69, 9.17) is 16.3 Å². The predicted molar refractivity (Wildman–Crippen MR) is 59.2 cm³/mol. The molecule has 78 valence electrons. The van der Waals surface area contributed by atoms with Crippen LogP contribution in [0.3, 0.4) is 0 Å². The maximum absolute atomic E-state index is 11.6. The molecule has 0 aliphatic heterocycles. The van der Waals surface area contributed by atoms with E-state index in [2.05, 4.69) is 0 Å². The molecule has 15 heavy (non-hydrogen) atoms. The van der Waals surface area contributed by atoms with Gasteiger partial charge in [0.2, 0.25) is 5.52 Å². The third-order valence-electron chi connectivity index (χ3n) is 2.44. The van der Waals surface area contributed by atoms with Crippen LogP contribution in [0.4, 0.5) is 0 Å². The molecule has 1 heterocycles. The molecule has 3 nitrogen and oxygen atoms in total. The summed E-state index contributed by atoms with van der Waals surface area (Å²) in [6, 6.07) is 5.18. The molecule has 0 radical (unpaired) electrons. The van der Waals surface area contributed by atoms with Gasteiger partial charge in [0.05, 0.1) is 23.1 Å². The molecule has 0 saturated heterocycles. The molecule has 0 amide bonds. The van der Waals surface area contributed by atoms with Gasteiger partial charge in [-0.1, -0.05) is 11.6 Å². The number of ether oxygens (including phenoxy) is 1. The van der Waals surface area contributed by atoms with Crippen LogP contribution in [0.25, 0.3) is 10.9 Å². The first-order valence-electron chi connectivity index (χ1n) is 4.50. The minimum Gasteiger partial charge on any atom is -0.618 e. The summed E-state index contributed by atoms with van der Waals surface area (Å²) < 4.78 is 5.96. The van der Waals surface area contributed by atoms with Gasteiger partial charge in [0.25, 0.3) is 0 Å². The second-order valence-corrected chi connectivity index (χ2v) is 3.69. The van der Waals surface area contributed by atoms with Gasteiger partial charge in [-0.25, -0.2) is 0 Å². The predicted octanol–water partition coefficient (Wildman–Crippen LogP) is 2.44. The molecule has 0 bridgehead atoms. The Morgan fingerprint density at radius 2 is 2.07 bits per heavy atom. The lowest BCUT2D eigenvalue weighted by atomic mass is 10.1. The van der Waals surface area contributed by atoms with Gasteiger partial charge in [0, 0.05) is 6.07 Å². The average Bonchev–Trinajstić information content (AvgIpc) is 2.23. The molecule has 4 heteroatoms. The van der Waals surface area contributed by atoms with Gasteiger partial charge in [-0.3, -0.25) is 0 Å². The van der Waals surface area contributed by atoms with Crippen LogP contribution in [0.5, 0.6) is 5.75 Å². The van der Waals surface area contributed by atoms with E-state index < -0.39 is 0 Å². The minimum atomic E-state index is 0.557. The summed E-state index contributed by atoms with van der Waals surface area (Å²) in [5.74, 6) is 0.689. The molecule has 0 aliphatic carbocycles. The molecule has 0 atom stereocenters. The molecular weight excluding hydrogens is 214 g/mol. The van der Waals surface area contributed by atoms with Crippen molar-refractivity contribution in [1.82, 2.24) is 0 Å². The van der Waals surface area contributed by atoms with Crippen molar-refractivity contribution in [3.8, 4) is 5.75 Å². The Kier molecular flexibility index (Phi) is 2.40. The first-order chi connectivity index (χ1) is 7.15. The monoisotopic (exact) mass is 223 g/mol. The number of rotatable bonds is 1. The van der Waals surface area contributed by atoms with Crippen LogP contribution >= 0.6 is 11.6 Å². The molecule has 0 fully saturated rings. The van der Waals surface area contributed by atoms with Crippen LogP contribution in [-0.4, -0.2) is 7.11 Å². The molecule has 1 aromatic carbocycles. The highest BCUT2D eigenvalue weighted by Crippen LogP contribution is 2.28. The third-order valence-corrected chi connectivity index (χ3v) is 2.76. The fourth-order valence-electron chi connectivity index (χ4n) is 1.68. The maximum atomic E-state index is 11.6. The summed E-state index contributed by atoms with van der Waals surface area (Å²) in [5.41, 5.74) is 1.36. The summed E-state index contributed by atoms with van der Waals surface area (Å²) in [7, 11) is 1.58. The first kappa shape index (κ1) is 10.1. The van der Waals surface area contributed by atoms with Crippen molar-refractivity contribution in [3.63, 3.8) is 0 Å². The number of aryl methyl sites for hydroxylation is 1. The largest absolute Gasteiger partial charge is 0.618 e. The quantitative estimate of drug-likeness (QED) is 0.550. The Morgan fingerprint density at radius 1 is 1.33 bits per heavy atom. The molecule has 2 rings (SSSR count). The van der Waals surface area contributed by atoms with Crippen molar-refractivity contribution >= 4 is 22.5 Å². The third kappa shape index (κ3) is 1.49. The molecule has 0 spiro atoms. The van der Waals surface area contributed by atoms with E-state index in [0.29, 0.717) is 16.3 Å². The number of methoxy groups -OCH3 is 1. The molecule has 0 aliphatic rings. The lowest BCUT2D eigenvalue weighted by Crippen LogP contribution is -2.27. The number of nitrogens with zero attached hydrogens (tertiary/aromatic N) is 1. The Labute approximate surface area is 92.4 Å². The maximum Gasteiger partial charge on any atom is 0.231 e. The highest BCUT2D eigenvalue weighted by Gasteiger charge is 2.13. The SMILES string of the molecule is COc1ccc2c(Cl)cc[n+]([O-])c2c1C. The van der Waals surface area contributed by atoms with Crippen molar-refractivity contribution in [2.24, 2.45) is 0 Å². The van der Waals surface area contributed by atoms with Crippen LogP contribution in [-0.2, 0) is 0 Å². The Balaban J connectivity index is 2.92. The van der Waals surface area contributed by atoms with Crippen LogP contribution in [0.2, 0.25) is 5.02 Å². The minimum absolute atomic E-state index is 0.557. The zero-order chi connectivity index (χ0) is 11.0. The summed E-state index contributed by atoms with van der Waals surface area (Å²) >= 11 is 6.00. The molecule has 0 unspecified atom stereocenters. The molecule has 1 aromatic heterocycles. The van der Waals surface area contributed by atoms with Gasteiger partial charge in [0.1, 0.15) is 5.75 Å². The van der Waals surface area contributed by atoms with Gasteiger partial charge in [-0.15, -0.1) is 0 Å². The van der Waals surface area contributed by atoms with Crippen molar-refractivity contribution in [2.45, 2.75) is 6.92 Å². The fourth-order valence-corrected chi connectivity index (χ4v) is 1.89. The van der Waals surface area contributed by atoms with Crippen molar-refractivity contribution in [1.29, 1.82) is 0 Å². The number of aromatic nitrogens is 1. The van der Waals surface area contributed by atoms with Crippen LogP contribution in [0, 0.1) is 12.1 Å². The number of hydrogen-bond donors (Lipinski definition) is 0. The smallest absolute Gasteiger partial charge is 0.231 e. The summed E-state index contributed by atoms with van der Waals surface area (Å²) in [6.45, 7) is 1.84. The van der Waals surface area contributed by atoms with E-state index in [0.717, 1.165) is 15.7 Å². The van der Waals surface area contributed by atoms with E-state index in [1.54, 1.807) is 19.2 Å². The number of fused-ring (bicyclic) bond motifs is 1. The van der Waals surface area contributed by atoms with E-state index >= 15 is 0 Å². The second kappa shape index (κ2) is 3.59. The second-order valence-electron chi connectivity index (χ2n) is 3.28. The van der Waals surface area contributed by atoms with Crippen molar-refractivity contribution in [3.05, 3.63) is 40.2 Å². The average molecular weight is 224 g/mol. The lowest BCUT2D eigenvalue weighted by Gasteiger charge is -2.08. The first-order valence-corrected chi connectivity index (χ1v) is 4.88. The normalized spacial score (nSPS) is 10.6. The van der Waals surface area contributed by atoms with Crippen LogP contribution < -0.4 is 9.47 Å². The Bertz CT molecular complexity index is 525. The molecule has 0 saturated carbocycles. The topological polar surface area (TPSA) is 36.2 Å². The number of halogens is 1. The molecular formula is C11H10ClNO2. The summed E-state index contributed by atoms with van der Waals surface area (Å²) in [4.78, 5) is 0. The van der Waals surface area contributed by atoms with Crippen LogP contribution in [0.15, 0.2) is 24.4 Å². The number of benzene rings is 1. The number of hydrogen-bond acceptors (Lipinski definition) is 2. The zero-order valence-corrected chi connectivity index (χ0v) is 9.21. The lowest BCUT2D eigenvalue weighted by molar-refractivity contribution is -0.577. The van der Waals surface area contributed by atoms with Gasteiger partial charge < -0.3 is 9.94 Å². The molecule has 2 aromatic rings. The van der Waals surface area contributed by atoms with Crippen LogP contribution in [0.1, 0.15) is 5.56 Å². The van der Waals surface area contributed by atoms with E-state index in [1.165, 1.54) is 6.20 Å². The Morgan fingerprint density at radius 3 is 2.73 bits per heavy atom. The molecule has 0 N–H and O–H groups in total. The zero-order valence-electron chi connectivity index (χ0n) is 8.45. The van der Waals surface area contributed by atoms with Gasteiger partial charge in [0.15, 0.2) is 6.20 Å². The highest BCUT2D eigenvalue weighted by atomic mass is 35.5. The summed E-state index contributed by atoms with van der Waals surface area (Å²) in [6.07, 6.45) is 1.40. The summed E-state index contributed by atoms with van der Waals surface area (Å²) in [5, 5.41) is 12.9. The van der Waals surface area contributed by atoms with Crippen molar-refractivity contribution < 1.29 is 9.47 Å². The van der Waals surface area contributed by atoms with Gasteiger partial charge >= 0.3 is 0 Å². The highest BCUT2D eigenvalue weighted by molar-refractivity contribution is 6.35. The van der Waals surface area contributed by atoms with Gasteiger partial charge in [-0.2, -0.15) is 4.73 Å². The standard InChI is InChI=1S/C11H10ClNO2/c1-7-10(15-2)4-3-8-9(12)5-6-13(14)11(7)8/h3-6H,1-2H3. The number of pyridine rings is 1. The Hall–Kier alpha value is -1.48.